The van der Waals surface area contributed by atoms with E-state index in [9.17, 15) is 8.78 Å². The first-order valence-corrected chi connectivity index (χ1v) is 5.13. The van der Waals surface area contributed by atoms with Crippen LogP contribution in [0.4, 0.5) is 8.78 Å². The SMILES string of the molecule is CNC(C(F)F)C1CCc2cccnc21. The van der Waals surface area contributed by atoms with Gasteiger partial charge in [0.05, 0.1) is 6.04 Å². The van der Waals surface area contributed by atoms with Crippen molar-refractivity contribution in [2.75, 3.05) is 7.05 Å². The van der Waals surface area contributed by atoms with Crippen LogP contribution < -0.4 is 5.32 Å². The van der Waals surface area contributed by atoms with Gasteiger partial charge < -0.3 is 5.32 Å². The van der Waals surface area contributed by atoms with Gasteiger partial charge in [0.15, 0.2) is 0 Å². The van der Waals surface area contributed by atoms with Gasteiger partial charge in [-0.15, -0.1) is 0 Å². The predicted octanol–water partition coefficient (Wildman–Crippen LogP) is 1.96. The number of aryl methyl sites for hydroxylation is 1. The monoisotopic (exact) mass is 212 g/mol. The minimum Gasteiger partial charge on any atom is -0.311 e. The molecule has 2 atom stereocenters. The van der Waals surface area contributed by atoms with Gasteiger partial charge in [0, 0.05) is 17.8 Å². The van der Waals surface area contributed by atoms with Crippen LogP contribution in [0.2, 0.25) is 0 Å². The fourth-order valence-electron chi connectivity index (χ4n) is 2.30. The summed E-state index contributed by atoms with van der Waals surface area (Å²) < 4.78 is 25.5. The van der Waals surface area contributed by atoms with Crippen LogP contribution in [0.5, 0.6) is 0 Å². The average molecular weight is 212 g/mol. The van der Waals surface area contributed by atoms with Crippen LogP contribution in [-0.4, -0.2) is 24.5 Å². The molecule has 1 N–H and O–H groups in total. The van der Waals surface area contributed by atoms with Gasteiger partial charge >= 0.3 is 0 Å². The van der Waals surface area contributed by atoms with Gasteiger partial charge in [0.1, 0.15) is 0 Å². The third-order valence-electron chi connectivity index (χ3n) is 3.04. The Labute approximate surface area is 87.7 Å². The number of fused-ring (bicyclic) bond motifs is 1. The van der Waals surface area contributed by atoms with Crippen molar-refractivity contribution in [1.29, 1.82) is 0 Å². The molecule has 1 aromatic heterocycles. The summed E-state index contributed by atoms with van der Waals surface area (Å²) in [5, 5.41) is 2.69. The highest BCUT2D eigenvalue weighted by atomic mass is 19.3. The molecule has 0 aliphatic heterocycles. The second-order valence-electron chi connectivity index (χ2n) is 3.84. The van der Waals surface area contributed by atoms with E-state index in [1.165, 1.54) is 0 Å². The Kier molecular flexibility index (Phi) is 2.95. The molecule has 0 saturated heterocycles. The first kappa shape index (κ1) is 10.5. The molecule has 0 radical (unpaired) electrons. The van der Waals surface area contributed by atoms with Crippen molar-refractivity contribution in [3.05, 3.63) is 29.6 Å². The maximum atomic E-state index is 12.8. The number of hydrogen-bond acceptors (Lipinski definition) is 2. The maximum absolute atomic E-state index is 12.8. The molecule has 1 aromatic rings. The summed E-state index contributed by atoms with van der Waals surface area (Å²) >= 11 is 0. The number of pyridine rings is 1. The zero-order chi connectivity index (χ0) is 10.8. The third-order valence-corrected chi connectivity index (χ3v) is 3.04. The van der Waals surface area contributed by atoms with E-state index in [1.54, 1.807) is 13.2 Å². The van der Waals surface area contributed by atoms with Gasteiger partial charge in [-0.05, 0) is 31.5 Å². The van der Waals surface area contributed by atoms with Crippen LogP contribution in [0.3, 0.4) is 0 Å². The van der Waals surface area contributed by atoms with Crippen LogP contribution in [-0.2, 0) is 6.42 Å². The Morgan fingerprint density at radius 1 is 1.53 bits per heavy atom. The molecule has 0 fully saturated rings. The maximum Gasteiger partial charge on any atom is 0.254 e. The molecule has 1 aliphatic rings. The quantitative estimate of drug-likeness (QED) is 0.828. The summed E-state index contributed by atoms with van der Waals surface area (Å²) in [4.78, 5) is 4.22. The molecule has 82 valence electrons. The molecule has 1 aliphatic carbocycles. The van der Waals surface area contributed by atoms with Gasteiger partial charge in [0.25, 0.3) is 6.43 Å². The summed E-state index contributed by atoms with van der Waals surface area (Å²) in [6, 6.07) is 3.06. The molecule has 0 bridgehead atoms. The minimum absolute atomic E-state index is 0.147. The van der Waals surface area contributed by atoms with Crippen LogP contribution in [0.15, 0.2) is 18.3 Å². The van der Waals surface area contributed by atoms with Gasteiger partial charge in [-0.25, -0.2) is 8.78 Å². The fraction of sp³-hybridized carbons (Fsp3) is 0.545. The molecule has 2 unspecified atom stereocenters. The standard InChI is InChI=1S/C11H14F2N2/c1-14-10(11(12)13)8-5-4-7-3-2-6-15-9(7)8/h2-3,6,8,10-11,14H,4-5H2,1H3. The molecule has 0 spiro atoms. The van der Waals surface area contributed by atoms with E-state index >= 15 is 0 Å². The smallest absolute Gasteiger partial charge is 0.254 e. The van der Waals surface area contributed by atoms with Crippen molar-refractivity contribution >= 4 is 0 Å². The summed E-state index contributed by atoms with van der Waals surface area (Å²) in [7, 11) is 1.58. The molecule has 1 heterocycles. The molecule has 0 amide bonds. The Bertz CT molecular complexity index is 341. The fourth-order valence-corrected chi connectivity index (χ4v) is 2.30. The summed E-state index contributed by atoms with van der Waals surface area (Å²) in [6.45, 7) is 0. The predicted molar refractivity (Wildman–Crippen MR) is 54.2 cm³/mol. The Balaban J connectivity index is 2.26. The number of likely N-dealkylation sites (N-methyl/N-ethyl adjacent to an activating group) is 1. The molecule has 4 heteroatoms. The highest BCUT2D eigenvalue weighted by Crippen LogP contribution is 2.35. The zero-order valence-electron chi connectivity index (χ0n) is 8.58. The highest BCUT2D eigenvalue weighted by molar-refractivity contribution is 5.30. The van der Waals surface area contributed by atoms with Crippen LogP contribution in [0.1, 0.15) is 23.6 Å². The second-order valence-corrected chi connectivity index (χ2v) is 3.84. The van der Waals surface area contributed by atoms with E-state index in [-0.39, 0.29) is 5.92 Å². The third kappa shape index (κ3) is 1.86. The van der Waals surface area contributed by atoms with E-state index in [1.807, 2.05) is 12.1 Å². The summed E-state index contributed by atoms with van der Waals surface area (Å²) in [6.07, 6.45) is 0.962. The number of nitrogens with zero attached hydrogens (tertiary/aromatic N) is 1. The molecular formula is C11H14F2N2. The van der Waals surface area contributed by atoms with Crippen molar-refractivity contribution in [1.82, 2.24) is 10.3 Å². The zero-order valence-corrected chi connectivity index (χ0v) is 8.58. The Hall–Kier alpha value is -1.03. The van der Waals surface area contributed by atoms with Crippen molar-refractivity contribution in [2.24, 2.45) is 0 Å². The van der Waals surface area contributed by atoms with E-state index < -0.39 is 12.5 Å². The summed E-state index contributed by atoms with van der Waals surface area (Å²) in [5.41, 5.74) is 1.96. The Morgan fingerprint density at radius 2 is 2.33 bits per heavy atom. The number of aromatic nitrogens is 1. The lowest BCUT2D eigenvalue weighted by Gasteiger charge is -2.22. The van der Waals surface area contributed by atoms with Crippen LogP contribution in [0.25, 0.3) is 0 Å². The van der Waals surface area contributed by atoms with Crippen molar-refractivity contribution in [2.45, 2.75) is 31.2 Å². The highest BCUT2D eigenvalue weighted by Gasteiger charge is 2.35. The number of halogens is 2. The lowest BCUT2D eigenvalue weighted by atomic mass is 9.97. The first-order valence-electron chi connectivity index (χ1n) is 5.13. The number of rotatable bonds is 3. The van der Waals surface area contributed by atoms with Crippen molar-refractivity contribution in [3.63, 3.8) is 0 Å². The van der Waals surface area contributed by atoms with Crippen LogP contribution in [0, 0.1) is 0 Å². The number of alkyl halides is 2. The van der Waals surface area contributed by atoms with Crippen molar-refractivity contribution in [3.8, 4) is 0 Å². The van der Waals surface area contributed by atoms with Gasteiger partial charge in [-0.2, -0.15) is 0 Å². The molecule has 0 saturated carbocycles. The first-order chi connectivity index (χ1) is 7.24. The van der Waals surface area contributed by atoms with Gasteiger partial charge in [-0.3, -0.25) is 4.98 Å². The molecule has 2 rings (SSSR count). The normalized spacial score (nSPS) is 21.7. The van der Waals surface area contributed by atoms with Crippen LogP contribution >= 0.6 is 0 Å². The topological polar surface area (TPSA) is 24.9 Å². The second kappa shape index (κ2) is 4.23. The van der Waals surface area contributed by atoms with E-state index in [4.69, 9.17) is 0 Å². The number of hydrogen-bond donors (Lipinski definition) is 1. The molecule has 2 nitrogen and oxygen atoms in total. The molecule has 15 heavy (non-hydrogen) atoms. The van der Waals surface area contributed by atoms with Gasteiger partial charge in [-0.1, -0.05) is 6.07 Å². The number of nitrogens with one attached hydrogen (secondary N) is 1. The Morgan fingerprint density at radius 3 is 3.00 bits per heavy atom. The van der Waals surface area contributed by atoms with E-state index in [2.05, 4.69) is 10.3 Å². The molecular weight excluding hydrogens is 198 g/mol. The van der Waals surface area contributed by atoms with E-state index in [0.29, 0.717) is 0 Å². The lowest BCUT2D eigenvalue weighted by molar-refractivity contribution is 0.0882. The van der Waals surface area contributed by atoms with E-state index in [0.717, 1.165) is 24.1 Å². The average Bonchev–Trinajstić information content (AvgIpc) is 2.63. The largest absolute Gasteiger partial charge is 0.311 e. The summed E-state index contributed by atoms with van der Waals surface area (Å²) in [5.74, 6) is -0.147. The van der Waals surface area contributed by atoms with Gasteiger partial charge in [0.2, 0.25) is 0 Å². The minimum atomic E-state index is -2.34. The van der Waals surface area contributed by atoms with Crippen molar-refractivity contribution < 1.29 is 8.78 Å². The molecule has 0 aromatic carbocycles. The lowest BCUT2D eigenvalue weighted by Crippen LogP contribution is -2.38.